The molecule has 1 fully saturated rings. The molecule has 1 amide bonds. The number of aryl methyl sites for hydroxylation is 1. The Bertz CT molecular complexity index is 442. The number of benzene rings is 1. The third kappa shape index (κ3) is 6.64. The van der Waals surface area contributed by atoms with Gasteiger partial charge in [-0.3, -0.25) is 4.79 Å². The van der Waals surface area contributed by atoms with Crippen molar-refractivity contribution in [1.82, 2.24) is 10.6 Å². The maximum absolute atomic E-state index is 12.9. The Hall–Kier alpha value is -0.840. The van der Waals surface area contributed by atoms with Crippen LogP contribution < -0.4 is 10.6 Å². The van der Waals surface area contributed by atoms with Gasteiger partial charge in [0.15, 0.2) is 0 Å². The minimum Gasteiger partial charge on any atom is -0.355 e. The Balaban J connectivity index is 0.00000220. The number of halogens is 3. The van der Waals surface area contributed by atoms with E-state index in [1.807, 2.05) is 24.3 Å². The van der Waals surface area contributed by atoms with Crippen molar-refractivity contribution in [3.63, 3.8) is 0 Å². The second kappa shape index (κ2) is 9.23. The molecule has 118 valence electrons. The lowest BCUT2D eigenvalue weighted by Crippen LogP contribution is -2.37. The normalized spacial score (nSPS) is 20.9. The lowest BCUT2D eigenvalue weighted by molar-refractivity contribution is -0.121. The molecule has 1 aliphatic heterocycles. The highest BCUT2D eigenvalue weighted by Crippen LogP contribution is 2.12. The van der Waals surface area contributed by atoms with Gasteiger partial charge in [-0.2, -0.15) is 0 Å². The fourth-order valence-corrected chi connectivity index (χ4v) is 2.48. The fourth-order valence-electron chi connectivity index (χ4n) is 2.36. The molecule has 2 rings (SSSR count). The van der Waals surface area contributed by atoms with Crippen molar-refractivity contribution in [2.45, 2.75) is 37.9 Å². The molecule has 1 heterocycles. The molecule has 6 heteroatoms. The zero-order chi connectivity index (χ0) is 14.4. The summed E-state index contributed by atoms with van der Waals surface area (Å²) < 4.78 is 12.9. The molecule has 0 saturated carbocycles. The molecule has 0 spiro atoms. The zero-order valence-corrected chi connectivity index (χ0v) is 13.4. The maximum atomic E-state index is 12.9. The van der Waals surface area contributed by atoms with Gasteiger partial charge in [0.1, 0.15) is 6.17 Å². The molecule has 1 saturated heterocycles. The molecular formula is C15H21Cl2FN2O. The zero-order valence-electron chi connectivity index (χ0n) is 11.8. The van der Waals surface area contributed by atoms with Crippen molar-refractivity contribution in [3.05, 3.63) is 34.9 Å². The molecule has 2 atom stereocenters. The van der Waals surface area contributed by atoms with Crippen molar-refractivity contribution in [1.29, 1.82) is 0 Å². The Kier molecular flexibility index (Phi) is 8.01. The highest BCUT2D eigenvalue weighted by atomic mass is 35.5. The molecule has 2 N–H and O–H groups in total. The van der Waals surface area contributed by atoms with Gasteiger partial charge in [-0.15, -0.1) is 12.4 Å². The van der Waals surface area contributed by atoms with Gasteiger partial charge >= 0.3 is 0 Å². The molecule has 0 aliphatic carbocycles. The summed E-state index contributed by atoms with van der Waals surface area (Å²) >= 11 is 5.81. The molecule has 1 aromatic rings. The molecule has 1 aliphatic rings. The van der Waals surface area contributed by atoms with Crippen LogP contribution in [0.4, 0.5) is 4.39 Å². The van der Waals surface area contributed by atoms with Crippen LogP contribution in [-0.2, 0) is 11.2 Å². The number of hydrogen-bond donors (Lipinski definition) is 2. The highest BCUT2D eigenvalue weighted by molar-refractivity contribution is 6.30. The van der Waals surface area contributed by atoms with E-state index in [1.54, 1.807) is 0 Å². The molecule has 3 nitrogen and oxygen atoms in total. The summed E-state index contributed by atoms with van der Waals surface area (Å²) in [5.41, 5.74) is 1.18. The summed E-state index contributed by atoms with van der Waals surface area (Å²) in [6.07, 6.45) is 1.87. The monoisotopic (exact) mass is 334 g/mol. The number of carbonyl (C=O) groups excluding carboxylic acids is 1. The van der Waals surface area contributed by atoms with Crippen LogP contribution in [0.3, 0.4) is 0 Å². The van der Waals surface area contributed by atoms with E-state index >= 15 is 0 Å². The van der Waals surface area contributed by atoms with Crippen LogP contribution in [0.1, 0.15) is 24.8 Å². The van der Waals surface area contributed by atoms with Gasteiger partial charge in [-0.05, 0) is 37.0 Å². The van der Waals surface area contributed by atoms with Gasteiger partial charge in [0.05, 0.1) is 0 Å². The lowest BCUT2D eigenvalue weighted by atomic mass is 10.1. The summed E-state index contributed by atoms with van der Waals surface area (Å²) in [5.74, 6) is 0.0306. The smallest absolute Gasteiger partial charge is 0.220 e. The molecular weight excluding hydrogens is 314 g/mol. The van der Waals surface area contributed by atoms with E-state index < -0.39 is 6.17 Å². The summed E-state index contributed by atoms with van der Waals surface area (Å²) in [6, 6.07) is 7.74. The SMILES string of the molecule is Cl.O=C(CCCc1ccc(Cl)cc1)NC[C@@H]1C[C@H](F)CN1. The van der Waals surface area contributed by atoms with Crippen LogP contribution in [0.2, 0.25) is 5.02 Å². The third-order valence-electron chi connectivity index (χ3n) is 3.50. The van der Waals surface area contributed by atoms with Crippen LogP contribution in [0, 0.1) is 0 Å². The fraction of sp³-hybridized carbons (Fsp3) is 0.533. The lowest BCUT2D eigenvalue weighted by Gasteiger charge is -2.11. The number of amides is 1. The van der Waals surface area contributed by atoms with Crippen LogP contribution in [-0.4, -0.2) is 31.2 Å². The Labute approximate surface area is 136 Å². The Morgan fingerprint density at radius 1 is 1.38 bits per heavy atom. The van der Waals surface area contributed by atoms with Crippen LogP contribution in [0.5, 0.6) is 0 Å². The molecule has 21 heavy (non-hydrogen) atoms. The van der Waals surface area contributed by atoms with E-state index in [-0.39, 0.29) is 24.4 Å². The number of nitrogens with one attached hydrogen (secondary N) is 2. The first kappa shape index (κ1) is 18.2. The summed E-state index contributed by atoms with van der Waals surface area (Å²) in [6.45, 7) is 0.914. The van der Waals surface area contributed by atoms with E-state index in [0.717, 1.165) is 17.9 Å². The minimum atomic E-state index is -0.776. The second-order valence-electron chi connectivity index (χ2n) is 5.22. The minimum absolute atomic E-state index is 0. The third-order valence-corrected chi connectivity index (χ3v) is 3.75. The van der Waals surface area contributed by atoms with Crippen molar-refractivity contribution in [2.24, 2.45) is 0 Å². The van der Waals surface area contributed by atoms with Gasteiger partial charge in [0, 0.05) is 30.6 Å². The van der Waals surface area contributed by atoms with Crippen molar-refractivity contribution >= 4 is 29.9 Å². The largest absolute Gasteiger partial charge is 0.355 e. The first-order valence-corrected chi connectivity index (χ1v) is 7.40. The van der Waals surface area contributed by atoms with Crippen LogP contribution >= 0.6 is 24.0 Å². The summed E-state index contributed by atoms with van der Waals surface area (Å²) in [4.78, 5) is 11.7. The quantitative estimate of drug-likeness (QED) is 0.839. The van der Waals surface area contributed by atoms with Crippen molar-refractivity contribution < 1.29 is 9.18 Å². The Morgan fingerprint density at radius 2 is 2.10 bits per heavy atom. The van der Waals surface area contributed by atoms with Crippen LogP contribution in [0.25, 0.3) is 0 Å². The van der Waals surface area contributed by atoms with E-state index in [4.69, 9.17) is 11.6 Å². The summed E-state index contributed by atoms with van der Waals surface area (Å²) in [7, 11) is 0. The number of alkyl halides is 1. The maximum Gasteiger partial charge on any atom is 0.220 e. The van der Waals surface area contributed by atoms with Gasteiger partial charge in [-0.1, -0.05) is 23.7 Å². The van der Waals surface area contributed by atoms with Gasteiger partial charge in [0.25, 0.3) is 0 Å². The first-order valence-electron chi connectivity index (χ1n) is 7.02. The number of rotatable bonds is 6. The topological polar surface area (TPSA) is 41.1 Å². The molecule has 1 aromatic carbocycles. The van der Waals surface area contributed by atoms with Gasteiger partial charge < -0.3 is 10.6 Å². The standard InChI is InChI=1S/C15H20ClFN2O.ClH/c16-12-6-4-11(5-7-12)2-1-3-15(20)19-10-14-8-13(17)9-18-14;/h4-7,13-14,18H,1-3,8-10H2,(H,19,20);1H/t13-,14-;/m0./s1. The predicted octanol–water partition coefficient (Wildman–Crippen LogP) is 2.90. The first-order chi connectivity index (χ1) is 9.63. The molecule has 0 aromatic heterocycles. The molecule has 0 bridgehead atoms. The van der Waals surface area contributed by atoms with Gasteiger partial charge in [-0.25, -0.2) is 4.39 Å². The Morgan fingerprint density at radius 3 is 2.71 bits per heavy atom. The molecule has 0 radical (unpaired) electrons. The number of hydrogen-bond acceptors (Lipinski definition) is 2. The number of carbonyl (C=O) groups is 1. The van der Waals surface area contributed by atoms with E-state index in [2.05, 4.69) is 10.6 Å². The van der Waals surface area contributed by atoms with Crippen LogP contribution in [0.15, 0.2) is 24.3 Å². The van der Waals surface area contributed by atoms with Gasteiger partial charge in [0.2, 0.25) is 5.91 Å². The van der Waals surface area contributed by atoms with Crippen molar-refractivity contribution in [2.75, 3.05) is 13.1 Å². The predicted molar refractivity (Wildman–Crippen MR) is 86.0 cm³/mol. The van der Waals surface area contributed by atoms with E-state index in [0.29, 0.717) is 25.9 Å². The highest BCUT2D eigenvalue weighted by Gasteiger charge is 2.23. The second-order valence-corrected chi connectivity index (χ2v) is 5.66. The molecule has 0 unspecified atom stereocenters. The van der Waals surface area contributed by atoms with E-state index in [9.17, 15) is 9.18 Å². The average Bonchev–Trinajstić information content (AvgIpc) is 2.85. The van der Waals surface area contributed by atoms with E-state index in [1.165, 1.54) is 5.56 Å². The van der Waals surface area contributed by atoms with Crippen molar-refractivity contribution in [3.8, 4) is 0 Å². The summed E-state index contributed by atoms with van der Waals surface area (Å²) in [5, 5.41) is 6.62. The average molecular weight is 335 g/mol.